The fraction of sp³-hybridized carbons (Fsp3) is 0.500. The number of hydrogen-bond donors (Lipinski definition) is 0. The smallest absolute Gasteiger partial charge is 0.309 e. The van der Waals surface area contributed by atoms with E-state index in [0.29, 0.717) is 55.0 Å². The minimum absolute atomic E-state index is 0.0519. The van der Waals surface area contributed by atoms with Crippen molar-refractivity contribution in [3.05, 3.63) is 29.3 Å². The summed E-state index contributed by atoms with van der Waals surface area (Å²) in [5.41, 5.74) is 0.933. The first-order valence-corrected chi connectivity index (χ1v) is 11.2. The van der Waals surface area contributed by atoms with E-state index in [2.05, 4.69) is 10.2 Å². The van der Waals surface area contributed by atoms with Crippen LogP contribution in [0.15, 0.2) is 29.4 Å². The van der Waals surface area contributed by atoms with Gasteiger partial charge >= 0.3 is 5.97 Å². The number of carbonyl (C=O) groups is 2. The zero-order valence-corrected chi connectivity index (χ0v) is 18.2. The maximum absolute atomic E-state index is 12.6. The van der Waals surface area contributed by atoms with Crippen molar-refractivity contribution in [3.63, 3.8) is 0 Å². The SMILES string of the molecule is CCOC(=O)C1CCN(C(=O)CSc2nnc(-c3ccc(Cl)cc3)n2CC)CC1. The van der Waals surface area contributed by atoms with Crippen LogP contribution in [0.3, 0.4) is 0 Å². The lowest BCUT2D eigenvalue weighted by Crippen LogP contribution is -2.41. The third kappa shape index (κ3) is 5.30. The lowest BCUT2D eigenvalue weighted by Gasteiger charge is -2.30. The number of aromatic nitrogens is 3. The Kier molecular flexibility index (Phi) is 7.55. The second kappa shape index (κ2) is 10.1. The molecule has 29 heavy (non-hydrogen) atoms. The average Bonchev–Trinajstić information content (AvgIpc) is 3.15. The van der Waals surface area contributed by atoms with Crippen LogP contribution in [-0.2, 0) is 20.9 Å². The van der Waals surface area contributed by atoms with Gasteiger partial charge in [0.1, 0.15) is 0 Å². The summed E-state index contributed by atoms with van der Waals surface area (Å²) in [6.45, 7) is 6.09. The Morgan fingerprint density at radius 1 is 1.17 bits per heavy atom. The van der Waals surface area contributed by atoms with E-state index in [-0.39, 0.29) is 17.8 Å². The van der Waals surface area contributed by atoms with Gasteiger partial charge in [-0.25, -0.2) is 0 Å². The van der Waals surface area contributed by atoms with Gasteiger partial charge in [0.05, 0.1) is 18.3 Å². The molecule has 0 unspecified atom stereocenters. The number of ether oxygens (including phenoxy) is 1. The molecule has 0 saturated carbocycles. The Labute approximate surface area is 179 Å². The number of esters is 1. The summed E-state index contributed by atoms with van der Waals surface area (Å²) in [6, 6.07) is 7.46. The molecule has 3 rings (SSSR count). The molecule has 1 fully saturated rings. The minimum Gasteiger partial charge on any atom is -0.466 e. The van der Waals surface area contributed by atoms with Gasteiger partial charge in [-0.05, 0) is 51.0 Å². The number of nitrogens with zero attached hydrogens (tertiary/aromatic N) is 4. The zero-order chi connectivity index (χ0) is 20.8. The minimum atomic E-state index is -0.153. The molecule has 7 nitrogen and oxygen atoms in total. The molecule has 0 atom stereocenters. The standard InChI is InChI=1S/C20H25ClN4O3S/c1-3-25-18(14-5-7-16(21)8-6-14)22-23-20(25)29-13-17(26)24-11-9-15(10-12-24)19(27)28-4-2/h5-8,15H,3-4,9-13H2,1-2H3. The Morgan fingerprint density at radius 3 is 2.48 bits per heavy atom. The second-order valence-electron chi connectivity index (χ2n) is 6.75. The first-order chi connectivity index (χ1) is 14.0. The monoisotopic (exact) mass is 436 g/mol. The molecule has 0 aliphatic carbocycles. The van der Waals surface area contributed by atoms with E-state index in [4.69, 9.17) is 16.3 Å². The highest BCUT2D eigenvalue weighted by Crippen LogP contribution is 2.26. The Bertz CT molecular complexity index is 848. The molecular weight excluding hydrogens is 412 g/mol. The van der Waals surface area contributed by atoms with Crippen molar-refractivity contribution in [1.29, 1.82) is 0 Å². The molecule has 1 aromatic heterocycles. The first kappa shape index (κ1) is 21.6. The number of halogens is 1. The van der Waals surface area contributed by atoms with Gasteiger partial charge in [0.25, 0.3) is 0 Å². The van der Waals surface area contributed by atoms with Gasteiger partial charge in [0.2, 0.25) is 5.91 Å². The molecular formula is C20H25ClN4O3S. The van der Waals surface area contributed by atoms with Crippen molar-refractivity contribution in [2.24, 2.45) is 5.92 Å². The molecule has 9 heteroatoms. The van der Waals surface area contributed by atoms with E-state index in [1.54, 1.807) is 6.92 Å². The molecule has 156 valence electrons. The molecule has 0 bridgehead atoms. The van der Waals surface area contributed by atoms with Gasteiger partial charge < -0.3 is 14.2 Å². The highest BCUT2D eigenvalue weighted by Gasteiger charge is 2.28. The molecule has 1 aliphatic heterocycles. The molecule has 1 saturated heterocycles. The first-order valence-electron chi connectivity index (χ1n) is 9.79. The molecule has 0 radical (unpaired) electrons. The normalized spacial score (nSPS) is 14.8. The van der Waals surface area contributed by atoms with Crippen molar-refractivity contribution in [1.82, 2.24) is 19.7 Å². The number of benzene rings is 1. The van der Waals surface area contributed by atoms with E-state index in [9.17, 15) is 9.59 Å². The lowest BCUT2D eigenvalue weighted by atomic mass is 9.97. The van der Waals surface area contributed by atoms with Gasteiger partial charge in [0.15, 0.2) is 11.0 Å². The summed E-state index contributed by atoms with van der Waals surface area (Å²) in [5, 5.41) is 9.95. The van der Waals surface area contributed by atoms with E-state index < -0.39 is 0 Å². The van der Waals surface area contributed by atoms with E-state index in [1.807, 2.05) is 40.7 Å². The van der Waals surface area contributed by atoms with Crippen molar-refractivity contribution < 1.29 is 14.3 Å². The number of amides is 1. The van der Waals surface area contributed by atoms with E-state index in [0.717, 1.165) is 11.4 Å². The molecule has 2 heterocycles. The summed E-state index contributed by atoms with van der Waals surface area (Å²) in [6.07, 6.45) is 1.31. The third-order valence-corrected chi connectivity index (χ3v) is 6.13. The topological polar surface area (TPSA) is 77.3 Å². The summed E-state index contributed by atoms with van der Waals surface area (Å²) < 4.78 is 7.08. The Morgan fingerprint density at radius 2 is 1.86 bits per heavy atom. The Hall–Kier alpha value is -2.06. The van der Waals surface area contributed by atoms with Gasteiger partial charge in [-0.15, -0.1) is 10.2 Å². The quantitative estimate of drug-likeness (QED) is 0.488. The van der Waals surface area contributed by atoms with Crippen LogP contribution in [0.25, 0.3) is 11.4 Å². The molecule has 1 amide bonds. The van der Waals surface area contributed by atoms with Gasteiger partial charge in [-0.2, -0.15) is 0 Å². The lowest BCUT2D eigenvalue weighted by molar-refractivity contribution is -0.151. The van der Waals surface area contributed by atoms with Crippen molar-refractivity contribution in [2.75, 3.05) is 25.4 Å². The number of hydrogen-bond acceptors (Lipinski definition) is 6. The predicted molar refractivity (Wildman–Crippen MR) is 113 cm³/mol. The average molecular weight is 437 g/mol. The number of thioether (sulfide) groups is 1. The summed E-state index contributed by atoms with van der Waals surface area (Å²) in [4.78, 5) is 26.3. The van der Waals surface area contributed by atoms with Crippen molar-refractivity contribution in [2.45, 2.75) is 38.4 Å². The largest absolute Gasteiger partial charge is 0.466 e. The molecule has 0 N–H and O–H groups in total. The van der Waals surface area contributed by atoms with E-state index in [1.165, 1.54) is 11.8 Å². The van der Waals surface area contributed by atoms with Crippen LogP contribution in [0.4, 0.5) is 0 Å². The maximum atomic E-state index is 12.6. The number of rotatable bonds is 7. The summed E-state index contributed by atoms with van der Waals surface area (Å²) in [5.74, 6) is 0.852. The molecule has 2 aromatic rings. The van der Waals surface area contributed by atoms with Crippen LogP contribution in [0.5, 0.6) is 0 Å². The van der Waals surface area contributed by atoms with Crippen LogP contribution >= 0.6 is 23.4 Å². The highest BCUT2D eigenvalue weighted by molar-refractivity contribution is 7.99. The van der Waals surface area contributed by atoms with Gasteiger partial charge in [0, 0.05) is 30.2 Å². The molecule has 1 aliphatic rings. The van der Waals surface area contributed by atoms with Crippen LogP contribution in [0.2, 0.25) is 5.02 Å². The van der Waals surface area contributed by atoms with Gasteiger partial charge in [-0.1, -0.05) is 23.4 Å². The van der Waals surface area contributed by atoms with Gasteiger partial charge in [-0.3, -0.25) is 9.59 Å². The number of likely N-dealkylation sites (tertiary alicyclic amines) is 1. The number of piperidine rings is 1. The molecule has 1 aromatic carbocycles. The Balaban J connectivity index is 1.57. The summed E-state index contributed by atoms with van der Waals surface area (Å²) in [7, 11) is 0. The van der Waals surface area contributed by atoms with Crippen molar-refractivity contribution >= 4 is 35.2 Å². The summed E-state index contributed by atoms with van der Waals surface area (Å²) >= 11 is 7.35. The fourth-order valence-corrected chi connectivity index (χ4v) is 4.37. The van der Waals surface area contributed by atoms with Crippen molar-refractivity contribution in [3.8, 4) is 11.4 Å². The highest BCUT2D eigenvalue weighted by atomic mass is 35.5. The second-order valence-corrected chi connectivity index (χ2v) is 8.13. The van der Waals surface area contributed by atoms with E-state index >= 15 is 0 Å². The predicted octanol–water partition coefficient (Wildman–Crippen LogP) is 3.51. The van der Waals surface area contributed by atoms with Crippen LogP contribution in [-0.4, -0.2) is 57.0 Å². The van der Waals surface area contributed by atoms with Crippen LogP contribution < -0.4 is 0 Å². The molecule has 0 spiro atoms. The maximum Gasteiger partial charge on any atom is 0.309 e. The van der Waals surface area contributed by atoms with Crippen LogP contribution in [0, 0.1) is 5.92 Å². The number of carbonyl (C=O) groups excluding carboxylic acids is 2. The third-order valence-electron chi connectivity index (χ3n) is 4.93. The van der Waals surface area contributed by atoms with Crippen LogP contribution in [0.1, 0.15) is 26.7 Å². The zero-order valence-electron chi connectivity index (χ0n) is 16.6. The fourth-order valence-electron chi connectivity index (χ4n) is 3.34.